The highest BCUT2D eigenvalue weighted by atomic mass is 19.4. The van der Waals surface area contributed by atoms with Gasteiger partial charge in [0.15, 0.2) is 0 Å². The number of hydrogen-bond acceptors (Lipinski definition) is 3. The second kappa shape index (κ2) is 6.89. The molecule has 1 rings (SSSR count). The number of rotatable bonds is 4. The van der Waals surface area contributed by atoms with Crippen LogP contribution in [-0.2, 0) is 15.7 Å². The van der Waals surface area contributed by atoms with Crippen molar-refractivity contribution in [2.75, 3.05) is 0 Å². The third kappa shape index (κ3) is 6.58. The van der Waals surface area contributed by atoms with Crippen molar-refractivity contribution in [1.82, 2.24) is 5.32 Å². The predicted molar refractivity (Wildman–Crippen MR) is 75.8 cm³/mol. The van der Waals surface area contributed by atoms with E-state index in [1.165, 1.54) is 6.07 Å². The van der Waals surface area contributed by atoms with Crippen LogP contribution >= 0.6 is 0 Å². The van der Waals surface area contributed by atoms with Gasteiger partial charge in [-0.25, -0.2) is 4.79 Å². The molecule has 0 spiro atoms. The molecular formula is C15H18F3NO4. The van der Waals surface area contributed by atoms with Crippen LogP contribution in [0.5, 0.6) is 0 Å². The first kappa shape index (κ1) is 18.8. The van der Waals surface area contributed by atoms with E-state index >= 15 is 0 Å². The lowest BCUT2D eigenvalue weighted by molar-refractivity contribution is -0.138. The number of aliphatic carboxylic acids is 1. The zero-order chi connectivity index (χ0) is 17.8. The topological polar surface area (TPSA) is 75.6 Å². The molecule has 23 heavy (non-hydrogen) atoms. The van der Waals surface area contributed by atoms with Gasteiger partial charge in [-0.05, 0) is 38.5 Å². The minimum atomic E-state index is -4.56. The van der Waals surface area contributed by atoms with Crippen molar-refractivity contribution in [2.45, 2.75) is 45.0 Å². The van der Waals surface area contributed by atoms with Gasteiger partial charge in [0.2, 0.25) is 0 Å². The van der Waals surface area contributed by atoms with Gasteiger partial charge in [0.05, 0.1) is 18.0 Å². The molecule has 1 amide bonds. The van der Waals surface area contributed by atoms with Gasteiger partial charge in [0.25, 0.3) is 0 Å². The average molecular weight is 333 g/mol. The van der Waals surface area contributed by atoms with E-state index < -0.39 is 41.9 Å². The van der Waals surface area contributed by atoms with E-state index in [1.807, 2.05) is 0 Å². The molecule has 128 valence electrons. The van der Waals surface area contributed by atoms with Crippen LogP contribution < -0.4 is 5.32 Å². The molecule has 0 radical (unpaired) electrons. The number of amides is 1. The van der Waals surface area contributed by atoms with Crippen molar-refractivity contribution < 1.29 is 32.6 Å². The maximum atomic E-state index is 12.8. The van der Waals surface area contributed by atoms with E-state index in [4.69, 9.17) is 9.84 Å². The van der Waals surface area contributed by atoms with E-state index in [9.17, 15) is 22.8 Å². The monoisotopic (exact) mass is 333 g/mol. The van der Waals surface area contributed by atoms with Gasteiger partial charge >= 0.3 is 18.2 Å². The summed E-state index contributed by atoms with van der Waals surface area (Å²) in [7, 11) is 0. The van der Waals surface area contributed by atoms with Crippen molar-refractivity contribution in [2.24, 2.45) is 0 Å². The Morgan fingerprint density at radius 3 is 2.35 bits per heavy atom. The van der Waals surface area contributed by atoms with E-state index in [0.29, 0.717) is 0 Å². The number of carboxylic acid groups (broad SMARTS) is 1. The van der Waals surface area contributed by atoms with Gasteiger partial charge in [0, 0.05) is 0 Å². The number of nitrogens with one attached hydrogen (secondary N) is 1. The number of carboxylic acids is 1. The molecule has 0 aliphatic heterocycles. The lowest BCUT2D eigenvalue weighted by Crippen LogP contribution is -2.35. The van der Waals surface area contributed by atoms with E-state index in [1.54, 1.807) is 20.8 Å². The van der Waals surface area contributed by atoms with Crippen LogP contribution in [0.15, 0.2) is 24.3 Å². The molecule has 0 heterocycles. The second-order valence-corrected chi connectivity index (χ2v) is 5.92. The van der Waals surface area contributed by atoms with Crippen LogP contribution in [0.4, 0.5) is 18.0 Å². The van der Waals surface area contributed by atoms with Gasteiger partial charge < -0.3 is 15.2 Å². The molecule has 0 aliphatic carbocycles. The van der Waals surface area contributed by atoms with Gasteiger partial charge in [-0.15, -0.1) is 0 Å². The lowest BCUT2D eigenvalue weighted by atomic mass is 10.0. The molecule has 1 atom stereocenters. The smallest absolute Gasteiger partial charge is 0.416 e. The fourth-order valence-electron chi connectivity index (χ4n) is 1.81. The van der Waals surface area contributed by atoms with Crippen LogP contribution in [0, 0.1) is 0 Å². The highest BCUT2D eigenvalue weighted by molar-refractivity contribution is 5.72. The quantitative estimate of drug-likeness (QED) is 0.880. The summed E-state index contributed by atoms with van der Waals surface area (Å²) in [6.07, 6.45) is -6.03. The summed E-state index contributed by atoms with van der Waals surface area (Å²) in [5.74, 6) is -1.26. The Morgan fingerprint density at radius 1 is 1.26 bits per heavy atom. The normalized spacial score (nSPS) is 13.3. The SMILES string of the molecule is CC(C)(C)OC(=O)N[C@H](CC(=O)O)c1cccc(C(F)(F)F)c1. The standard InChI is InChI=1S/C15H18F3NO4/c1-14(2,3)23-13(22)19-11(8-12(20)21)9-5-4-6-10(7-9)15(16,17)18/h4-7,11H,8H2,1-3H3,(H,19,22)(H,20,21)/t11-/m1/s1. The molecule has 0 fully saturated rings. The van der Waals surface area contributed by atoms with E-state index in [-0.39, 0.29) is 5.56 Å². The minimum Gasteiger partial charge on any atom is -0.481 e. The van der Waals surface area contributed by atoms with Crippen molar-refractivity contribution in [3.05, 3.63) is 35.4 Å². The van der Waals surface area contributed by atoms with Crippen LogP contribution in [0.1, 0.15) is 44.4 Å². The molecule has 8 heteroatoms. The van der Waals surface area contributed by atoms with Crippen LogP contribution in [0.25, 0.3) is 0 Å². The molecule has 0 saturated carbocycles. The Hall–Kier alpha value is -2.25. The fraction of sp³-hybridized carbons (Fsp3) is 0.467. The molecule has 0 bridgehead atoms. The zero-order valence-electron chi connectivity index (χ0n) is 12.9. The van der Waals surface area contributed by atoms with Gasteiger partial charge in [-0.1, -0.05) is 12.1 Å². The van der Waals surface area contributed by atoms with Crippen LogP contribution in [0.3, 0.4) is 0 Å². The summed E-state index contributed by atoms with van der Waals surface area (Å²) in [6, 6.07) is 3.02. The highest BCUT2D eigenvalue weighted by Gasteiger charge is 2.31. The molecule has 0 unspecified atom stereocenters. The number of alkyl carbamates (subject to hydrolysis) is 1. The number of alkyl halides is 3. The number of carbonyl (C=O) groups is 2. The summed E-state index contributed by atoms with van der Waals surface area (Å²) in [5.41, 5.74) is -1.70. The minimum absolute atomic E-state index is 0.0353. The number of ether oxygens (including phenoxy) is 1. The summed E-state index contributed by atoms with van der Waals surface area (Å²) < 4.78 is 43.3. The Labute approximate surface area is 131 Å². The van der Waals surface area contributed by atoms with Gasteiger partial charge in [-0.2, -0.15) is 13.2 Å². The summed E-state index contributed by atoms with van der Waals surface area (Å²) in [6.45, 7) is 4.84. The fourth-order valence-corrected chi connectivity index (χ4v) is 1.81. The number of benzene rings is 1. The third-order valence-electron chi connectivity index (χ3n) is 2.69. The largest absolute Gasteiger partial charge is 0.481 e. The molecule has 0 aliphatic rings. The Kier molecular flexibility index (Phi) is 5.63. The number of carbonyl (C=O) groups excluding carboxylic acids is 1. The lowest BCUT2D eigenvalue weighted by Gasteiger charge is -2.23. The molecule has 1 aromatic carbocycles. The summed E-state index contributed by atoms with van der Waals surface area (Å²) in [4.78, 5) is 22.7. The molecule has 0 aromatic heterocycles. The first-order chi connectivity index (χ1) is 10.4. The van der Waals surface area contributed by atoms with Gasteiger partial charge in [0.1, 0.15) is 5.60 Å². The van der Waals surface area contributed by atoms with Crippen LogP contribution in [0.2, 0.25) is 0 Å². The number of halogens is 3. The first-order valence-electron chi connectivity index (χ1n) is 6.77. The van der Waals surface area contributed by atoms with Gasteiger partial charge in [-0.3, -0.25) is 4.79 Å². The van der Waals surface area contributed by atoms with Crippen molar-refractivity contribution in [3.8, 4) is 0 Å². The molecule has 0 saturated heterocycles. The van der Waals surface area contributed by atoms with Crippen LogP contribution in [-0.4, -0.2) is 22.8 Å². The summed E-state index contributed by atoms with van der Waals surface area (Å²) >= 11 is 0. The molecule has 2 N–H and O–H groups in total. The highest BCUT2D eigenvalue weighted by Crippen LogP contribution is 2.31. The zero-order valence-corrected chi connectivity index (χ0v) is 12.9. The Morgan fingerprint density at radius 2 is 1.87 bits per heavy atom. The van der Waals surface area contributed by atoms with Crippen molar-refractivity contribution in [3.63, 3.8) is 0 Å². The van der Waals surface area contributed by atoms with E-state index in [0.717, 1.165) is 18.2 Å². The Bertz CT molecular complexity index is 579. The first-order valence-corrected chi connectivity index (χ1v) is 6.77. The average Bonchev–Trinajstić information content (AvgIpc) is 2.34. The molecule has 1 aromatic rings. The van der Waals surface area contributed by atoms with Crippen molar-refractivity contribution in [1.29, 1.82) is 0 Å². The maximum Gasteiger partial charge on any atom is 0.416 e. The van der Waals surface area contributed by atoms with E-state index in [2.05, 4.69) is 5.32 Å². The molecule has 5 nitrogen and oxygen atoms in total. The second-order valence-electron chi connectivity index (χ2n) is 5.92. The Balaban J connectivity index is 3.03. The third-order valence-corrected chi connectivity index (χ3v) is 2.69. The van der Waals surface area contributed by atoms with Crippen molar-refractivity contribution >= 4 is 12.1 Å². The maximum absolute atomic E-state index is 12.8. The summed E-state index contributed by atoms with van der Waals surface area (Å²) in [5, 5.41) is 11.2. The molecular weight excluding hydrogens is 315 g/mol. The number of hydrogen-bond donors (Lipinski definition) is 2. The predicted octanol–water partition coefficient (Wildman–Crippen LogP) is 3.75.